The number of aromatic nitrogens is 1. The Bertz CT molecular complexity index is 1520. The summed E-state index contributed by atoms with van der Waals surface area (Å²) in [5, 5.41) is 17.5. The van der Waals surface area contributed by atoms with Gasteiger partial charge in [0.2, 0.25) is 0 Å². The number of allylic oxidation sites excluding steroid dienone is 3. The minimum atomic E-state index is -0.684. The van der Waals surface area contributed by atoms with Crippen LogP contribution in [-0.4, -0.2) is 28.7 Å². The van der Waals surface area contributed by atoms with Gasteiger partial charge in [0.15, 0.2) is 5.78 Å². The molecule has 0 saturated carbocycles. The van der Waals surface area contributed by atoms with Crippen molar-refractivity contribution in [2.75, 3.05) is 12.4 Å². The molecule has 3 aromatic rings. The van der Waals surface area contributed by atoms with E-state index in [2.05, 4.69) is 15.6 Å². The fourth-order valence-electron chi connectivity index (χ4n) is 5.36. The number of dihydropyridines is 1. The first-order valence-electron chi connectivity index (χ1n) is 12.6. The maximum atomic E-state index is 13.8. The number of methoxy groups -OCH3 is 1. The maximum Gasteiger partial charge on any atom is 0.269 e. The van der Waals surface area contributed by atoms with Crippen LogP contribution in [0.5, 0.6) is 5.75 Å². The first-order valence-corrected chi connectivity index (χ1v) is 12.6. The molecule has 0 radical (unpaired) electrons. The molecule has 0 spiro atoms. The van der Waals surface area contributed by atoms with Crippen molar-refractivity contribution in [2.24, 2.45) is 0 Å². The number of hydrogen-bond acceptors (Lipinski definition) is 7. The van der Waals surface area contributed by atoms with E-state index >= 15 is 0 Å². The van der Waals surface area contributed by atoms with E-state index in [9.17, 15) is 19.7 Å². The van der Waals surface area contributed by atoms with E-state index in [0.29, 0.717) is 34.6 Å². The predicted octanol–water partition coefficient (Wildman–Crippen LogP) is 5.31. The lowest BCUT2D eigenvalue weighted by Crippen LogP contribution is -2.37. The highest BCUT2D eigenvalue weighted by Crippen LogP contribution is 2.46. The summed E-state index contributed by atoms with van der Waals surface area (Å²) < 4.78 is 5.27. The van der Waals surface area contributed by atoms with E-state index in [0.717, 1.165) is 22.6 Å². The third kappa shape index (κ3) is 5.16. The summed E-state index contributed by atoms with van der Waals surface area (Å²) in [6.07, 6.45) is 2.48. The van der Waals surface area contributed by atoms with Gasteiger partial charge in [-0.2, -0.15) is 0 Å². The third-order valence-electron chi connectivity index (χ3n) is 7.25. The van der Waals surface area contributed by atoms with Crippen LogP contribution in [0.25, 0.3) is 0 Å². The van der Waals surface area contributed by atoms with Crippen LogP contribution in [0.15, 0.2) is 89.4 Å². The number of ether oxygens (including phenoxy) is 1. The third-order valence-corrected chi connectivity index (χ3v) is 7.25. The molecule has 1 aliphatic carbocycles. The van der Waals surface area contributed by atoms with E-state index in [4.69, 9.17) is 4.74 Å². The first-order chi connectivity index (χ1) is 18.7. The molecule has 1 amide bonds. The number of anilines is 1. The minimum absolute atomic E-state index is 0.0353. The molecule has 198 valence electrons. The summed E-state index contributed by atoms with van der Waals surface area (Å²) in [7, 11) is 1.61. The average Bonchev–Trinajstić information content (AvgIpc) is 2.92. The zero-order valence-electron chi connectivity index (χ0n) is 21.9. The molecule has 9 heteroatoms. The molecule has 9 nitrogen and oxygen atoms in total. The lowest BCUT2D eigenvalue weighted by Gasteiger charge is -2.37. The molecule has 2 aliphatic rings. The lowest BCUT2D eigenvalue weighted by atomic mass is 9.71. The number of aryl methyl sites for hydroxylation is 1. The monoisotopic (exact) mass is 524 g/mol. The molecule has 0 fully saturated rings. The Morgan fingerprint density at radius 1 is 1.05 bits per heavy atom. The number of Topliss-reactive ketones (excluding diaryl/α,β-unsaturated/α-hetero) is 1. The second-order valence-corrected chi connectivity index (χ2v) is 9.81. The SMILES string of the molecule is COc1ccc(C2CC(=O)C3=C(C2)NC(C)=C(C(=O)Nc2cc(C)ccn2)C3c2ccc([N+](=O)[O-])cc2)cc1. The van der Waals surface area contributed by atoms with Gasteiger partial charge in [-0.1, -0.05) is 24.3 Å². The molecule has 1 aliphatic heterocycles. The number of carbonyl (C=O) groups excluding carboxylic acids is 2. The summed E-state index contributed by atoms with van der Waals surface area (Å²) in [5.41, 5.74) is 4.81. The molecule has 0 bridgehead atoms. The van der Waals surface area contributed by atoms with Gasteiger partial charge in [-0.15, -0.1) is 0 Å². The van der Waals surface area contributed by atoms with Gasteiger partial charge in [-0.05, 0) is 67.1 Å². The summed E-state index contributed by atoms with van der Waals surface area (Å²) in [6, 6.07) is 17.3. The number of rotatable bonds is 6. The van der Waals surface area contributed by atoms with Crippen LogP contribution in [-0.2, 0) is 9.59 Å². The van der Waals surface area contributed by atoms with E-state index in [-0.39, 0.29) is 23.8 Å². The zero-order valence-corrected chi connectivity index (χ0v) is 21.9. The molecular formula is C30H28N4O5. The molecule has 39 heavy (non-hydrogen) atoms. The number of non-ortho nitro benzene ring substituents is 1. The highest BCUT2D eigenvalue weighted by Gasteiger charge is 2.41. The number of ketones is 1. The van der Waals surface area contributed by atoms with Crippen molar-refractivity contribution in [3.05, 3.63) is 116 Å². The number of nitrogens with one attached hydrogen (secondary N) is 2. The maximum absolute atomic E-state index is 13.8. The number of nitro groups is 1. The molecule has 2 N–H and O–H groups in total. The van der Waals surface area contributed by atoms with Gasteiger partial charge in [0.1, 0.15) is 11.6 Å². The van der Waals surface area contributed by atoms with Gasteiger partial charge in [-0.25, -0.2) is 4.98 Å². The number of benzene rings is 2. The van der Waals surface area contributed by atoms with Gasteiger partial charge >= 0.3 is 0 Å². The highest BCUT2D eigenvalue weighted by molar-refractivity contribution is 6.09. The molecule has 2 aromatic carbocycles. The number of nitro benzene ring substituents is 1. The Hall–Kier alpha value is -4.79. The number of carbonyl (C=O) groups is 2. The standard InChI is InChI=1S/C30H28N4O5/c1-17-12-13-31-26(14-17)33-30(36)27-18(2)32-24-15-21(19-6-10-23(39-3)11-7-19)16-25(35)29(24)28(27)20-4-8-22(9-5-20)34(37)38/h4-14,21,28,32H,15-16H2,1-3H3,(H,31,33,36). The normalized spacial score (nSPS) is 18.8. The van der Waals surface area contributed by atoms with Gasteiger partial charge in [0.05, 0.1) is 12.0 Å². The largest absolute Gasteiger partial charge is 0.497 e. The van der Waals surface area contributed by atoms with Crippen LogP contribution < -0.4 is 15.4 Å². The highest BCUT2D eigenvalue weighted by atomic mass is 16.6. The van der Waals surface area contributed by atoms with E-state index < -0.39 is 16.7 Å². The van der Waals surface area contributed by atoms with Crippen LogP contribution in [0.4, 0.5) is 11.5 Å². The molecule has 2 atom stereocenters. The van der Waals surface area contributed by atoms with Crippen molar-refractivity contribution in [1.29, 1.82) is 0 Å². The molecule has 1 aromatic heterocycles. The van der Waals surface area contributed by atoms with Crippen LogP contribution >= 0.6 is 0 Å². The topological polar surface area (TPSA) is 123 Å². The molecule has 2 unspecified atom stereocenters. The summed E-state index contributed by atoms with van der Waals surface area (Å²) in [4.78, 5) is 42.5. The second-order valence-electron chi connectivity index (χ2n) is 9.81. The van der Waals surface area contributed by atoms with Crippen LogP contribution in [0.2, 0.25) is 0 Å². The zero-order chi connectivity index (χ0) is 27.7. The smallest absolute Gasteiger partial charge is 0.269 e. The molecule has 2 heterocycles. The lowest BCUT2D eigenvalue weighted by molar-refractivity contribution is -0.384. The average molecular weight is 525 g/mol. The number of amides is 1. The van der Waals surface area contributed by atoms with E-state index in [1.54, 1.807) is 31.5 Å². The fraction of sp³-hybridized carbons (Fsp3) is 0.233. The number of pyridine rings is 1. The Balaban J connectivity index is 1.55. The van der Waals surface area contributed by atoms with Crippen molar-refractivity contribution in [3.63, 3.8) is 0 Å². The second kappa shape index (κ2) is 10.5. The van der Waals surface area contributed by atoms with Crippen LogP contribution in [0, 0.1) is 17.0 Å². The van der Waals surface area contributed by atoms with E-state index in [1.165, 1.54) is 12.1 Å². The van der Waals surface area contributed by atoms with Crippen LogP contribution in [0.1, 0.15) is 48.3 Å². The van der Waals surface area contributed by atoms with Gasteiger partial charge in [0.25, 0.3) is 11.6 Å². The Morgan fingerprint density at radius 2 is 1.74 bits per heavy atom. The van der Waals surface area contributed by atoms with Crippen molar-refractivity contribution >= 4 is 23.2 Å². The van der Waals surface area contributed by atoms with Crippen molar-refractivity contribution in [3.8, 4) is 5.75 Å². The van der Waals surface area contributed by atoms with Crippen molar-refractivity contribution in [1.82, 2.24) is 10.3 Å². The van der Waals surface area contributed by atoms with Crippen LogP contribution in [0.3, 0.4) is 0 Å². The first kappa shape index (κ1) is 25.8. The quantitative estimate of drug-likeness (QED) is 0.331. The molecule has 0 saturated heterocycles. The predicted molar refractivity (Wildman–Crippen MR) is 146 cm³/mol. The summed E-state index contributed by atoms with van der Waals surface area (Å²) in [5.74, 6) is -0.0371. The van der Waals surface area contributed by atoms with Crippen molar-refractivity contribution in [2.45, 2.75) is 38.5 Å². The Labute approximate surface area is 225 Å². The number of nitrogens with zero attached hydrogens (tertiary/aromatic N) is 2. The Kier molecular flexibility index (Phi) is 6.98. The Morgan fingerprint density at radius 3 is 2.38 bits per heavy atom. The summed E-state index contributed by atoms with van der Waals surface area (Å²) in [6.45, 7) is 3.71. The van der Waals surface area contributed by atoms with Crippen molar-refractivity contribution < 1.29 is 19.2 Å². The van der Waals surface area contributed by atoms with Gasteiger partial charge in [0, 0.05) is 53.2 Å². The summed E-state index contributed by atoms with van der Waals surface area (Å²) >= 11 is 0. The molecule has 5 rings (SSSR count). The van der Waals surface area contributed by atoms with Gasteiger partial charge < -0.3 is 15.4 Å². The molecular weight excluding hydrogens is 496 g/mol. The minimum Gasteiger partial charge on any atom is -0.497 e. The number of hydrogen-bond donors (Lipinski definition) is 2. The van der Waals surface area contributed by atoms with E-state index in [1.807, 2.05) is 44.2 Å². The van der Waals surface area contributed by atoms with Gasteiger partial charge in [-0.3, -0.25) is 19.7 Å². The fourth-order valence-corrected chi connectivity index (χ4v) is 5.36.